The fraction of sp³-hybridized carbons (Fsp3) is 0.0833. The number of ether oxygens (including phenoxy) is 1. The Hall–Kier alpha value is -1.88. The highest BCUT2D eigenvalue weighted by atomic mass is 32.1. The zero-order valence-corrected chi connectivity index (χ0v) is 9.67. The van der Waals surface area contributed by atoms with E-state index < -0.39 is 11.8 Å². The van der Waals surface area contributed by atoms with Gasteiger partial charge in [-0.1, -0.05) is 0 Å². The molecular weight excluding hydrogens is 241 g/mol. The molecule has 88 valence electrons. The second kappa shape index (κ2) is 4.97. The van der Waals surface area contributed by atoms with E-state index in [1.165, 1.54) is 23.5 Å². The lowest BCUT2D eigenvalue weighted by Gasteiger charge is -2.06. The average Bonchev–Trinajstić information content (AvgIpc) is 2.78. The second-order valence-electron chi connectivity index (χ2n) is 3.44. The van der Waals surface area contributed by atoms with Crippen LogP contribution in [-0.2, 0) is 11.3 Å². The van der Waals surface area contributed by atoms with Gasteiger partial charge in [-0.05, 0) is 35.0 Å². The van der Waals surface area contributed by atoms with Gasteiger partial charge in [0.15, 0.2) is 0 Å². The first-order valence-electron chi connectivity index (χ1n) is 4.90. The maximum Gasteiger partial charge on any atom is 0.340 e. The normalized spacial score (nSPS) is 10.2. The van der Waals surface area contributed by atoms with Crippen LogP contribution in [-0.4, -0.2) is 5.97 Å². The SMILES string of the molecule is Nc1cc(F)ccc1C(=O)OCc1ccsc1. The minimum Gasteiger partial charge on any atom is -0.457 e. The lowest BCUT2D eigenvalue weighted by Crippen LogP contribution is -2.08. The topological polar surface area (TPSA) is 52.3 Å². The maximum atomic E-state index is 12.8. The molecule has 0 aliphatic heterocycles. The molecule has 17 heavy (non-hydrogen) atoms. The van der Waals surface area contributed by atoms with Crippen molar-refractivity contribution in [2.24, 2.45) is 0 Å². The minimum absolute atomic E-state index is 0.0836. The Morgan fingerprint density at radius 2 is 2.24 bits per heavy atom. The Labute approximate surface area is 102 Å². The summed E-state index contributed by atoms with van der Waals surface area (Å²) in [5.74, 6) is -1.02. The number of hydrogen-bond donors (Lipinski definition) is 1. The molecule has 2 N–H and O–H groups in total. The molecule has 0 radical (unpaired) electrons. The summed E-state index contributed by atoms with van der Waals surface area (Å²) in [5, 5.41) is 3.79. The Kier molecular flexibility index (Phi) is 3.39. The van der Waals surface area contributed by atoms with E-state index in [2.05, 4.69) is 0 Å². The molecule has 0 unspecified atom stereocenters. The van der Waals surface area contributed by atoms with E-state index >= 15 is 0 Å². The molecule has 2 rings (SSSR count). The molecule has 0 spiro atoms. The Morgan fingerprint density at radius 3 is 2.88 bits per heavy atom. The van der Waals surface area contributed by atoms with E-state index in [0.717, 1.165) is 11.6 Å². The Balaban J connectivity index is 2.04. The van der Waals surface area contributed by atoms with Gasteiger partial charge in [0.1, 0.15) is 12.4 Å². The number of carbonyl (C=O) groups is 1. The zero-order chi connectivity index (χ0) is 12.3. The Morgan fingerprint density at radius 1 is 1.41 bits per heavy atom. The third-order valence-electron chi connectivity index (χ3n) is 2.18. The molecule has 0 aliphatic rings. The predicted octanol–water partition coefficient (Wildman–Crippen LogP) is 2.83. The molecule has 1 aromatic heterocycles. The standard InChI is InChI=1S/C12H10FNO2S/c13-9-1-2-10(11(14)5-9)12(15)16-6-8-3-4-17-7-8/h1-5,7H,6,14H2. The molecule has 0 aliphatic carbocycles. The largest absolute Gasteiger partial charge is 0.457 e. The second-order valence-corrected chi connectivity index (χ2v) is 4.22. The van der Waals surface area contributed by atoms with Crippen LogP contribution in [0.2, 0.25) is 0 Å². The van der Waals surface area contributed by atoms with Gasteiger partial charge in [-0.15, -0.1) is 0 Å². The summed E-state index contributed by atoms with van der Waals surface area (Å²) in [7, 11) is 0. The molecule has 0 saturated carbocycles. The van der Waals surface area contributed by atoms with Gasteiger partial charge in [0.2, 0.25) is 0 Å². The Bertz CT molecular complexity index is 525. The molecule has 2 aromatic rings. The van der Waals surface area contributed by atoms with Crippen molar-refractivity contribution in [1.29, 1.82) is 0 Å². The lowest BCUT2D eigenvalue weighted by atomic mass is 10.2. The van der Waals surface area contributed by atoms with Crippen LogP contribution in [0, 0.1) is 5.82 Å². The summed E-state index contributed by atoms with van der Waals surface area (Å²) in [6, 6.07) is 5.46. The van der Waals surface area contributed by atoms with Crippen LogP contribution in [0.5, 0.6) is 0 Å². The highest BCUT2D eigenvalue weighted by Crippen LogP contribution is 2.16. The summed E-state index contributed by atoms with van der Waals surface area (Å²) in [5.41, 5.74) is 6.72. The van der Waals surface area contributed by atoms with E-state index in [4.69, 9.17) is 10.5 Å². The van der Waals surface area contributed by atoms with Crippen molar-refractivity contribution < 1.29 is 13.9 Å². The summed E-state index contributed by atoms with van der Waals surface area (Å²) in [4.78, 5) is 11.7. The number of anilines is 1. The molecule has 5 heteroatoms. The summed E-state index contributed by atoms with van der Waals surface area (Å²) in [6.07, 6.45) is 0. The van der Waals surface area contributed by atoms with Crippen molar-refractivity contribution in [1.82, 2.24) is 0 Å². The molecule has 1 aromatic carbocycles. The summed E-state index contributed by atoms with van der Waals surface area (Å²) >= 11 is 1.53. The number of hydrogen-bond acceptors (Lipinski definition) is 4. The molecular formula is C12H10FNO2S. The van der Waals surface area contributed by atoms with Crippen LogP contribution in [0.15, 0.2) is 35.0 Å². The molecule has 0 fully saturated rings. The van der Waals surface area contributed by atoms with Crippen LogP contribution >= 0.6 is 11.3 Å². The molecule has 0 bridgehead atoms. The van der Waals surface area contributed by atoms with E-state index in [1.807, 2.05) is 16.8 Å². The van der Waals surface area contributed by atoms with Gasteiger partial charge in [0.05, 0.1) is 5.56 Å². The van der Waals surface area contributed by atoms with Gasteiger partial charge in [-0.2, -0.15) is 11.3 Å². The van der Waals surface area contributed by atoms with Gasteiger partial charge in [-0.3, -0.25) is 0 Å². The van der Waals surface area contributed by atoms with Crippen molar-refractivity contribution in [3.63, 3.8) is 0 Å². The van der Waals surface area contributed by atoms with Crippen LogP contribution in [0.3, 0.4) is 0 Å². The molecule has 0 atom stereocenters. The molecule has 0 saturated heterocycles. The summed E-state index contributed by atoms with van der Waals surface area (Å²) in [6.45, 7) is 0.194. The maximum absolute atomic E-state index is 12.8. The highest BCUT2D eigenvalue weighted by Gasteiger charge is 2.11. The molecule has 3 nitrogen and oxygen atoms in total. The first-order chi connectivity index (χ1) is 8.16. The number of benzene rings is 1. The zero-order valence-electron chi connectivity index (χ0n) is 8.85. The van der Waals surface area contributed by atoms with E-state index in [-0.39, 0.29) is 17.9 Å². The number of carbonyl (C=O) groups excluding carboxylic acids is 1. The van der Waals surface area contributed by atoms with Crippen LogP contribution in [0.25, 0.3) is 0 Å². The minimum atomic E-state index is -0.547. The van der Waals surface area contributed by atoms with Crippen molar-refractivity contribution >= 4 is 23.0 Å². The quantitative estimate of drug-likeness (QED) is 0.674. The van der Waals surface area contributed by atoms with Gasteiger partial charge >= 0.3 is 5.97 Å². The average molecular weight is 251 g/mol. The van der Waals surface area contributed by atoms with Gasteiger partial charge in [-0.25, -0.2) is 9.18 Å². The highest BCUT2D eigenvalue weighted by molar-refractivity contribution is 7.07. The fourth-order valence-corrected chi connectivity index (χ4v) is 1.97. The third-order valence-corrected chi connectivity index (χ3v) is 2.92. The van der Waals surface area contributed by atoms with Crippen molar-refractivity contribution in [3.05, 3.63) is 52.0 Å². The monoisotopic (exact) mass is 251 g/mol. The van der Waals surface area contributed by atoms with Gasteiger partial charge in [0.25, 0.3) is 0 Å². The number of thiophene rings is 1. The van der Waals surface area contributed by atoms with Crippen LogP contribution < -0.4 is 5.73 Å². The third kappa shape index (κ3) is 2.82. The van der Waals surface area contributed by atoms with Gasteiger partial charge < -0.3 is 10.5 Å². The van der Waals surface area contributed by atoms with Crippen molar-refractivity contribution in [3.8, 4) is 0 Å². The smallest absolute Gasteiger partial charge is 0.340 e. The summed E-state index contributed by atoms with van der Waals surface area (Å²) < 4.78 is 17.8. The van der Waals surface area contributed by atoms with E-state index in [9.17, 15) is 9.18 Å². The number of halogens is 1. The van der Waals surface area contributed by atoms with Crippen LogP contribution in [0.4, 0.5) is 10.1 Å². The van der Waals surface area contributed by atoms with Crippen molar-refractivity contribution in [2.45, 2.75) is 6.61 Å². The number of nitrogens with two attached hydrogens (primary N) is 1. The predicted molar refractivity (Wildman–Crippen MR) is 64.3 cm³/mol. The van der Waals surface area contributed by atoms with E-state index in [1.54, 1.807) is 0 Å². The molecule has 1 heterocycles. The lowest BCUT2D eigenvalue weighted by molar-refractivity contribution is 0.0474. The first kappa shape index (κ1) is 11.6. The number of esters is 1. The number of rotatable bonds is 3. The van der Waals surface area contributed by atoms with Crippen molar-refractivity contribution in [2.75, 3.05) is 5.73 Å². The fourth-order valence-electron chi connectivity index (χ4n) is 1.32. The number of nitrogen functional groups attached to an aromatic ring is 1. The van der Waals surface area contributed by atoms with Crippen LogP contribution in [0.1, 0.15) is 15.9 Å². The molecule has 0 amide bonds. The first-order valence-corrected chi connectivity index (χ1v) is 5.84. The van der Waals surface area contributed by atoms with E-state index in [0.29, 0.717) is 0 Å². The van der Waals surface area contributed by atoms with Gasteiger partial charge in [0, 0.05) is 11.3 Å².